The van der Waals surface area contributed by atoms with Crippen molar-refractivity contribution in [3.05, 3.63) is 82.8 Å². The van der Waals surface area contributed by atoms with Crippen molar-refractivity contribution in [1.29, 1.82) is 10.5 Å². The number of para-hydroxylation sites is 1. The van der Waals surface area contributed by atoms with Crippen LogP contribution in [0.25, 0.3) is 5.76 Å². The molecule has 2 aliphatic rings. The minimum Gasteiger partial charge on any atom is -0.439 e. The number of anilines is 1. The molecule has 2 aliphatic heterocycles. The van der Waals surface area contributed by atoms with E-state index in [9.17, 15) is 15.3 Å². The topological polar surface area (TPSA) is 112 Å². The van der Waals surface area contributed by atoms with Gasteiger partial charge in [0, 0.05) is 16.8 Å². The summed E-state index contributed by atoms with van der Waals surface area (Å²) in [5.74, 6) is -0.500. The van der Waals surface area contributed by atoms with Gasteiger partial charge in [0.1, 0.15) is 17.7 Å². The summed E-state index contributed by atoms with van der Waals surface area (Å²) in [4.78, 5) is 13.1. The van der Waals surface area contributed by atoms with E-state index in [1.807, 2.05) is 12.1 Å². The molecule has 2 aromatic carbocycles. The molecule has 1 amide bonds. The van der Waals surface area contributed by atoms with Crippen molar-refractivity contribution in [3.63, 3.8) is 0 Å². The molecule has 3 N–H and O–H groups in total. The number of benzene rings is 2. The quantitative estimate of drug-likeness (QED) is 0.828. The van der Waals surface area contributed by atoms with Crippen molar-refractivity contribution in [2.75, 3.05) is 5.32 Å². The van der Waals surface area contributed by atoms with Crippen LogP contribution in [0.15, 0.2) is 71.6 Å². The minimum atomic E-state index is -1.62. The molecule has 0 aliphatic carbocycles. The molecule has 0 aromatic heterocycles. The van der Waals surface area contributed by atoms with Gasteiger partial charge in [-0.3, -0.25) is 4.79 Å². The fourth-order valence-electron chi connectivity index (χ4n) is 3.51. The van der Waals surface area contributed by atoms with Crippen molar-refractivity contribution in [2.45, 2.75) is 5.41 Å². The van der Waals surface area contributed by atoms with E-state index < -0.39 is 11.3 Å². The Kier molecular flexibility index (Phi) is 3.28. The number of nitrogens with one attached hydrogen (secondary N) is 1. The maximum atomic E-state index is 13.1. The van der Waals surface area contributed by atoms with Gasteiger partial charge in [0.05, 0.1) is 5.57 Å². The van der Waals surface area contributed by atoms with Crippen LogP contribution in [0.3, 0.4) is 0 Å². The maximum Gasteiger partial charge on any atom is 0.245 e. The molecular weight excluding hydrogens is 328 g/mol. The molecule has 0 fully saturated rings. The summed E-state index contributed by atoms with van der Waals surface area (Å²) in [6, 6.07) is 19.9. The molecule has 0 bridgehead atoms. The standard InChI is InChI=1S/C20H12N4O2/c21-10-14-17(12-6-2-1-3-7-12)26-18(23)15(11-22)20(14)13-8-4-5-9-16(13)24-19(20)25/h1-9H,23H2,(H,24,25)/t20-/m0/s1. The molecule has 4 rings (SSSR count). The first kappa shape index (κ1) is 15.5. The van der Waals surface area contributed by atoms with E-state index in [4.69, 9.17) is 10.5 Å². The van der Waals surface area contributed by atoms with E-state index in [2.05, 4.69) is 11.4 Å². The Balaban J connectivity index is 2.13. The number of nitriles is 2. The molecule has 2 aromatic rings. The van der Waals surface area contributed by atoms with Crippen molar-refractivity contribution < 1.29 is 9.53 Å². The summed E-state index contributed by atoms with van der Waals surface area (Å²) in [6.45, 7) is 0. The van der Waals surface area contributed by atoms with E-state index in [0.717, 1.165) is 0 Å². The Morgan fingerprint density at radius 1 is 0.962 bits per heavy atom. The molecular formula is C20H12N4O2. The lowest BCUT2D eigenvalue weighted by atomic mass is 9.68. The van der Waals surface area contributed by atoms with Gasteiger partial charge < -0.3 is 15.8 Å². The summed E-state index contributed by atoms with van der Waals surface area (Å²) >= 11 is 0. The molecule has 1 atom stereocenters. The Morgan fingerprint density at radius 3 is 2.31 bits per heavy atom. The largest absolute Gasteiger partial charge is 0.439 e. The van der Waals surface area contributed by atoms with Gasteiger partial charge in [-0.15, -0.1) is 0 Å². The molecule has 0 radical (unpaired) electrons. The van der Waals surface area contributed by atoms with E-state index >= 15 is 0 Å². The Hall–Kier alpha value is -4.03. The van der Waals surface area contributed by atoms with Crippen LogP contribution < -0.4 is 11.1 Å². The number of rotatable bonds is 1. The highest BCUT2D eigenvalue weighted by atomic mass is 16.5. The number of ether oxygens (including phenoxy) is 1. The van der Waals surface area contributed by atoms with Gasteiger partial charge in [-0.05, 0) is 6.07 Å². The zero-order valence-electron chi connectivity index (χ0n) is 13.5. The zero-order valence-corrected chi connectivity index (χ0v) is 13.5. The zero-order chi connectivity index (χ0) is 18.3. The summed E-state index contributed by atoms with van der Waals surface area (Å²) < 4.78 is 5.64. The normalized spacial score (nSPS) is 20.9. The highest BCUT2D eigenvalue weighted by Crippen LogP contribution is 2.52. The van der Waals surface area contributed by atoms with Gasteiger partial charge in [0.15, 0.2) is 11.2 Å². The fourth-order valence-corrected chi connectivity index (χ4v) is 3.51. The summed E-state index contributed by atoms with van der Waals surface area (Å²) in [7, 11) is 0. The van der Waals surface area contributed by atoms with E-state index in [1.54, 1.807) is 48.5 Å². The van der Waals surface area contributed by atoms with E-state index in [-0.39, 0.29) is 22.8 Å². The third-order valence-electron chi connectivity index (χ3n) is 4.61. The molecule has 0 unspecified atom stereocenters. The number of fused-ring (bicyclic) bond motifs is 2. The number of carbonyl (C=O) groups is 1. The lowest BCUT2D eigenvalue weighted by molar-refractivity contribution is -0.118. The molecule has 26 heavy (non-hydrogen) atoms. The fraction of sp³-hybridized carbons (Fsp3) is 0.0500. The van der Waals surface area contributed by atoms with Crippen LogP contribution in [-0.2, 0) is 14.9 Å². The number of hydrogen-bond donors (Lipinski definition) is 2. The molecule has 6 heteroatoms. The Morgan fingerprint density at radius 2 is 1.62 bits per heavy atom. The van der Waals surface area contributed by atoms with Crippen molar-refractivity contribution >= 4 is 17.4 Å². The lowest BCUT2D eigenvalue weighted by Crippen LogP contribution is -2.42. The van der Waals surface area contributed by atoms with E-state index in [0.29, 0.717) is 16.8 Å². The second-order valence-corrected chi connectivity index (χ2v) is 5.88. The van der Waals surface area contributed by atoms with Gasteiger partial charge in [-0.2, -0.15) is 10.5 Å². The van der Waals surface area contributed by atoms with Crippen LogP contribution >= 0.6 is 0 Å². The molecule has 2 heterocycles. The van der Waals surface area contributed by atoms with Crippen LogP contribution in [0.1, 0.15) is 11.1 Å². The summed E-state index contributed by atoms with van der Waals surface area (Å²) in [5.41, 5.74) is 6.01. The average molecular weight is 340 g/mol. The number of nitrogens with zero attached hydrogens (tertiary/aromatic N) is 2. The lowest BCUT2D eigenvalue weighted by Gasteiger charge is -2.32. The number of nitrogens with two attached hydrogens (primary N) is 1. The van der Waals surface area contributed by atoms with Gasteiger partial charge in [0.2, 0.25) is 11.8 Å². The van der Waals surface area contributed by atoms with Crippen molar-refractivity contribution in [3.8, 4) is 12.1 Å². The molecule has 1 spiro atoms. The summed E-state index contributed by atoms with van der Waals surface area (Å²) in [5, 5.41) is 22.4. The second kappa shape index (κ2) is 5.51. The van der Waals surface area contributed by atoms with Crippen LogP contribution in [0.5, 0.6) is 0 Å². The third kappa shape index (κ3) is 1.81. The van der Waals surface area contributed by atoms with Crippen LogP contribution in [0, 0.1) is 22.7 Å². The first-order valence-electron chi connectivity index (χ1n) is 7.84. The number of carbonyl (C=O) groups excluding carboxylic acids is 1. The summed E-state index contributed by atoms with van der Waals surface area (Å²) in [6.07, 6.45) is 0. The van der Waals surface area contributed by atoms with Crippen molar-refractivity contribution in [1.82, 2.24) is 0 Å². The van der Waals surface area contributed by atoms with Gasteiger partial charge in [-0.1, -0.05) is 48.5 Å². The highest BCUT2D eigenvalue weighted by molar-refractivity contribution is 6.14. The molecule has 0 saturated heterocycles. The Bertz CT molecular complexity index is 1090. The molecule has 0 saturated carbocycles. The maximum absolute atomic E-state index is 13.1. The molecule has 124 valence electrons. The second-order valence-electron chi connectivity index (χ2n) is 5.88. The highest BCUT2D eigenvalue weighted by Gasteiger charge is 2.58. The first-order valence-corrected chi connectivity index (χ1v) is 7.84. The van der Waals surface area contributed by atoms with Crippen LogP contribution in [0.2, 0.25) is 0 Å². The first-order chi connectivity index (χ1) is 12.6. The monoisotopic (exact) mass is 340 g/mol. The SMILES string of the molecule is N#CC1=C(N)OC(c2ccccc2)=C(C#N)[C@]12C(=O)Nc1ccccc12. The number of hydrogen-bond acceptors (Lipinski definition) is 5. The minimum absolute atomic E-state index is 0.0388. The average Bonchev–Trinajstić information content (AvgIpc) is 2.95. The van der Waals surface area contributed by atoms with Crippen LogP contribution in [-0.4, -0.2) is 5.91 Å². The molecule has 6 nitrogen and oxygen atoms in total. The van der Waals surface area contributed by atoms with Gasteiger partial charge in [-0.25, -0.2) is 0 Å². The predicted molar refractivity (Wildman–Crippen MR) is 93.6 cm³/mol. The third-order valence-corrected chi connectivity index (χ3v) is 4.61. The van der Waals surface area contributed by atoms with Crippen molar-refractivity contribution in [2.24, 2.45) is 5.73 Å². The van der Waals surface area contributed by atoms with E-state index in [1.165, 1.54) is 0 Å². The van der Waals surface area contributed by atoms with Gasteiger partial charge in [0.25, 0.3) is 0 Å². The number of amides is 1. The predicted octanol–water partition coefficient (Wildman–Crippen LogP) is 2.54. The Labute approximate surface area is 149 Å². The van der Waals surface area contributed by atoms with Crippen LogP contribution in [0.4, 0.5) is 5.69 Å². The smallest absolute Gasteiger partial charge is 0.245 e. The van der Waals surface area contributed by atoms with Gasteiger partial charge >= 0.3 is 0 Å².